The molecule has 1 amide bonds. The molecular weight excluding hydrogens is 919 g/mol. The first-order valence-electron chi connectivity index (χ1n) is 19.7. The van der Waals surface area contributed by atoms with Gasteiger partial charge < -0.3 is 35.4 Å². The molecule has 4 heterocycles. The number of pyridine rings is 2. The minimum absolute atomic E-state index is 0.0242. The van der Waals surface area contributed by atoms with Crippen LogP contribution in [0.4, 0.5) is 13.6 Å². The second-order valence-corrected chi connectivity index (χ2v) is 18.9. The van der Waals surface area contributed by atoms with Gasteiger partial charge in [0.1, 0.15) is 32.9 Å². The summed E-state index contributed by atoms with van der Waals surface area (Å²) in [5.41, 5.74) is 1.25. The number of nitrogens with zero attached hydrogens (tertiary/aromatic N) is 4. The molecule has 0 bridgehead atoms. The summed E-state index contributed by atoms with van der Waals surface area (Å²) in [5, 5.41) is 30.3. The van der Waals surface area contributed by atoms with E-state index in [9.17, 15) is 45.1 Å². The van der Waals surface area contributed by atoms with E-state index in [0.717, 1.165) is 7.94 Å². The summed E-state index contributed by atoms with van der Waals surface area (Å²) in [6, 6.07) is 16.8. The van der Waals surface area contributed by atoms with E-state index in [-0.39, 0.29) is 38.7 Å². The lowest BCUT2D eigenvalue weighted by atomic mass is 9.83. The van der Waals surface area contributed by atoms with Crippen LogP contribution in [0.1, 0.15) is 31.9 Å². The van der Waals surface area contributed by atoms with Crippen molar-refractivity contribution < 1.29 is 64.8 Å². The van der Waals surface area contributed by atoms with Crippen molar-refractivity contribution in [2.75, 3.05) is 21.3 Å². The lowest BCUT2D eigenvalue weighted by Crippen LogP contribution is -2.44. The summed E-state index contributed by atoms with van der Waals surface area (Å²) in [4.78, 5) is 38.1. The molecule has 5 N–H and O–H groups in total. The number of rotatable bonds is 15. The van der Waals surface area contributed by atoms with Crippen molar-refractivity contribution in [3.05, 3.63) is 145 Å². The number of carboxylic acid groups (broad SMARTS) is 3. The number of hydrogen-bond donors (Lipinski definition) is 5. The van der Waals surface area contributed by atoms with Crippen LogP contribution in [0.5, 0.6) is 11.5 Å². The van der Waals surface area contributed by atoms with Crippen LogP contribution in [0.15, 0.2) is 132 Å². The zero-order chi connectivity index (χ0) is 49.7. The molecule has 6 rings (SSSR count). The van der Waals surface area contributed by atoms with E-state index in [4.69, 9.17) is 19.7 Å². The van der Waals surface area contributed by atoms with Crippen molar-refractivity contribution in [1.29, 1.82) is 0 Å². The van der Waals surface area contributed by atoms with E-state index in [0.29, 0.717) is 41.3 Å². The Morgan fingerprint density at radius 2 is 1.15 bits per heavy atom. The molecule has 22 heteroatoms. The molecule has 4 aromatic heterocycles. The minimum atomic E-state index is -4.12. The Morgan fingerprint density at radius 1 is 0.716 bits per heavy atom. The predicted molar refractivity (Wildman–Crippen MR) is 242 cm³/mol. The predicted octanol–water partition coefficient (Wildman–Crippen LogP) is 6.53. The highest BCUT2D eigenvalue weighted by atomic mass is 32.2. The fourth-order valence-electron chi connectivity index (χ4n) is 6.18. The minimum Gasteiger partial charge on any atom is -0.497 e. The van der Waals surface area contributed by atoms with Gasteiger partial charge in [-0.2, -0.15) is 0 Å². The van der Waals surface area contributed by atoms with Crippen LogP contribution in [0.3, 0.4) is 0 Å². The lowest BCUT2D eigenvalue weighted by Gasteiger charge is -2.30. The first-order chi connectivity index (χ1) is 31.5. The summed E-state index contributed by atoms with van der Waals surface area (Å²) >= 11 is 0. The third kappa shape index (κ3) is 13.8. The topological polar surface area (TPSA) is 258 Å². The van der Waals surface area contributed by atoms with Gasteiger partial charge >= 0.3 is 18.0 Å². The van der Waals surface area contributed by atoms with Gasteiger partial charge in [-0.1, -0.05) is 20.8 Å². The summed E-state index contributed by atoms with van der Waals surface area (Å²) in [6.45, 7) is 6.06. The SMILES string of the molecule is CNCc1cc(-c2cc(OC)ccc2F)n(S(=O)(=O)c2cccnc2)c1.COc1ccc(F)c(-c2cc(CC(NC(=O)O)C(C)(C)C)cn2S(=O)(=O)c2cccnc2)c1.O=C(O)C=CC(=O)O. The van der Waals surface area contributed by atoms with Crippen LogP contribution < -0.4 is 20.1 Å². The normalized spacial score (nSPS) is 11.9. The van der Waals surface area contributed by atoms with E-state index in [1.807, 2.05) is 20.8 Å². The Hall–Kier alpha value is -7.43. The molecule has 0 fully saturated rings. The first kappa shape index (κ1) is 52.2. The van der Waals surface area contributed by atoms with Crippen molar-refractivity contribution in [2.45, 2.75) is 49.6 Å². The number of benzene rings is 2. The average molecular weight is 967 g/mol. The standard InChI is InChI=1S/C23H26FN3O5S.C18H18FN3O3S.C4H4O4/c1-23(2,3)21(26-22(28)29)11-15-10-20(18-12-16(32-4)7-8-19(18)24)27(14-15)33(30,31)17-6-5-9-25-13-17;1-20-10-13-8-18(16-9-14(25-2)5-6-17(16)19)22(12-13)26(23,24)15-4-3-7-21-11-15;5-3(6)1-2-4(7)8/h5-10,12-14,21,26H,11H2,1-4H3,(H,28,29);3-9,11-12,20H,10H2,1-2H3;1-2H,(H,5,6)(H,7,8). The second-order valence-electron chi connectivity index (χ2n) is 15.3. The summed E-state index contributed by atoms with van der Waals surface area (Å²) in [5.74, 6) is -2.89. The number of ether oxygens (including phenoxy) is 2. The fraction of sp³-hybridized carbons (Fsp3) is 0.222. The van der Waals surface area contributed by atoms with E-state index in [2.05, 4.69) is 20.6 Å². The van der Waals surface area contributed by atoms with Gasteiger partial charge in [-0.3, -0.25) is 9.97 Å². The number of aromatic nitrogens is 4. The fourth-order valence-corrected chi connectivity index (χ4v) is 8.89. The highest BCUT2D eigenvalue weighted by Gasteiger charge is 2.30. The molecule has 0 spiro atoms. The monoisotopic (exact) mass is 966 g/mol. The molecule has 6 aromatic rings. The highest BCUT2D eigenvalue weighted by Crippen LogP contribution is 2.34. The molecule has 0 saturated carbocycles. The number of aliphatic carboxylic acids is 2. The molecule has 2 aromatic carbocycles. The van der Waals surface area contributed by atoms with Crippen molar-refractivity contribution in [3.8, 4) is 34.0 Å². The summed E-state index contributed by atoms with van der Waals surface area (Å²) < 4.78 is 94.7. The number of methoxy groups -OCH3 is 2. The van der Waals surface area contributed by atoms with E-state index < -0.39 is 61.2 Å². The summed E-state index contributed by atoms with van der Waals surface area (Å²) in [6.07, 6.45) is 8.42. The highest BCUT2D eigenvalue weighted by molar-refractivity contribution is 7.90. The molecule has 0 radical (unpaired) electrons. The first-order valence-corrected chi connectivity index (χ1v) is 22.6. The van der Waals surface area contributed by atoms with Crippen molar-refractivity contribution in [2.24, 2.45) is 5.41 Å². The van der Waals surface area contributed by atoms with Gasteiger partial charge in [0.2, 0.25) is 0 Å². The van der Waals surface area contributed by atoms with Crippen LogP contribution in [-0.2, 0) is 42.6 Å². The Bertz CT molecular complexity index is 2920. The maximum absolute atomic E-state index is 14.8. The van der Waals surface area contributed by atoms with E-state index >= 15 is 0 Å². The molecule has 18 nitrogen and oxygen atoms in total. The molecule has 0 aliphatic rings. The number of carboxylic acids is 2. The number of hydrogen-bond acceptors (Lipinski definition) is 12. The molecule has 0 aliphatic heterocycles. The van der Waals surface area contributed by atoms with Gasteiger partial charge in [-0.15, -0.1) is 0 Å². The second kappa shape index (κ2) is 22.7. The third-order valence-electron chi connectivity index (χ3n) is 9.50. The van der Waals surface area contributed by atoms with Crippen LogP contribution in [0, 0.1) is 17.0 Å². The zero-order valence-corrected chi connectivity index (χ0v) is 38.5. The molecule has 0 aliphatic carbocycles. The largest absolute Gasteiger partial charge is 0.497 e. The van der Waals surface area contributed by atoms with Gasteiger partial charge in [0.15, 0.2) is 0 Å². The maximum atomic E-state index is 14.8. The number of amides is 1. The Balaban J connectivity index is 0.000000256. The van der Waals surface area contributed by atoms with E-state index in [1.165, 1.54) is 112 Å². The smallest absolute Gasteiger partial charge is 0.404 e. The average Bonchev–Trinajstić information content (AvgIpc) is 3.92. The molecule has 0 saturated heterocycles. The molecular formula is C45H48F2N6O12S2. The van der Waals surface area contributed by atoms with Gasteiger partial charge in [0, 0.05) is 73.0 Å². The Kier molecular flexibility index (Phi) is 17.6. The van der Waals surface area contributed by atoms with Gasteiger partial charge in [0.05, 0.1) is 25.6 Å². The van der Waals surface area contributed by atoms with Crippen LogP contribution in [-0.4, -0.2) is 95.4 Å². The lowest BCUT2D eigenvalue weighted by molar-refractivity contribution is -0.134. The van der Waals surface area contributed by atoms with Crippen LogP contribution >= 0.6 is 0 Å². The van der Waals surface area contributed by atoms with Crippen molar-refractivity contribution >= 4 is 38.1 Å². The molecule has 1 atom stereocenters. The maximum Gasteiger partial charge on any atom is 0.404 e. The van der Waals surface area contributed by atoms with Gasteiger partial charge in [-0.25, -0.2) is 47.9 Å². The van der Waals surface area contributed by atoms with E-state index in [1.54, 1.807) is 19.2 Å². The number of nitrogens with one attached hydrogen (secondary N) is 2. The van der Waals surface area contributed by atoms with Crippen LogP contribution in [0.2, 0.25) is 0 Å². The number of halogens is 2. The van der Waals surface area contributed by atoms with Gasteiger partial charge in [-0.05, 0) is 103 Å². The summed E-state index contributed by atoms with van der Waals surface area (Å²) in [7, 11) is -3.40. The molecule has 1 unspecified atom stereocenters. The van der Waals surface area contributed by atoms with Crippen molar-refractivity contribution in [1.82, 2.24) is 28.5 Å². The van der Waals surface area contributed by atoms with Gasteiger partial charge in [0.25, 0.3) is 20.0 Å². The third-order valence-corrected chi connectivity index (χ3v) is 12.8. The zero-order valence-electron chi connectivity index (χ0n) is 36.9. The van der Waals surface area contributed by atoms with Crippen molar-refractivity contribution in [3.63, 3.8) is 0 Å². The number of carbonyl (C=O) groups is 3. The molecule has 356 valence electrons. The Morgan fingerprint density at radius 3 is 1.51 bits per heavy atom. The molecule has 67 heavy (non-hydrogen) atoms. The van der Waals surface area contributed by atoms with Crippen LogP contribution in [0.25, 0.3) is 22.5 Å². The quantitative estimate of drug-likeness (QED) is 0.0686. The Labute approximate surface area is 385 Å².